The van der Waals surface area contributed by atoms with Gasteiger partial charge in [0, 0.05) is 11.8 Å². The number of ether oxygens (including phenoxy) is 2. The Balaban J connectivity index is 1.68. The van der Waals surface area contributed by atoms with Crippen LogP contribution in [0, 0.1) is 11.8 Å². The zero-order chi connectivity index (χ0) is 25.6. The molecule has 2 aromatic carbocycles. The van der Waals surface area contributed by atoms with E-state index >= 15 is 0 Å². The minimum Gasteiger partial charge on any atom is -0.497 e. The zero-order valence-corrected chi connectivity index (χ0v) is 20.6. The average molecular weight is 504 g/mol. The number of carboxylic acid groups (broad SMARTS) is 1. The standard InChI is InChI=1S/C24H29N3O7S/c1-15(26-27-35(31,32)22-13-12-18(33-2)14-21(22)34-3)16-8-10-17(11-9-16)25-23(28)19-6-4-5-7-20(19)24(29)30/h8-14,19-20,27H,4-7H2,1-3H3,(H,25,28)(H,29,30)/b26-15+/t19-,20-/m0/s1. The molecular weight excluding hydrogens is 474 g/mol. The smallest absolute Gasteiger partial charge is 0.307 e. The molecule has 10 nitrogen and oxygen atoms in total. The summed E-state index contributed by atoms with van der Waals surface area (Å²) in [7, 11) is -1.18. The summed E-state index contributed by atoms with van der Waals surface area (Å²) in [5.41, 5.74) is 1.55. The molecule has 0 unspecified atom stereocenters. The second-order valence-corrected chi connectivity index (χ2v) is 9.84. The van der Waals surface area contributed by atoms with Gasteiger partial charge in [-0.1, -0.05) is 25.0 Å². The van der Waals surface area contributed by atoms with Crippen LogP contribution in [0.2, 0.25) is 0 Å². The van der Waals surface area contributed by atoms with Crippen molar-refractivity contribution >= 4 is 33.3 Å². The highest BCUT2D eigenvalue weighted by molar-refractivity contribution is 7.89. The van der Waals surface area contributed by atoms with Crippen molar-refractivity contribution in [3.05, 3.63) is 48.0 Å². The fraction of sp³-hybridized carbons (Fsp3) is 0.375. The number of nitrogens with zero attached hydrogens (tertiary/aromatic N) is 1. The predicted octanol–water partition coefficient (Wildman–Crippen LogP) is 3.24. The van der Waals surface area contributed by atoms with E-state index in [-0.39, 0.29) is 16.6 Å². The number of carbonyl (C=O) groups is 2. The van der Waals surface area contributed by atoms with Crippen molar-refractivity contribution in [1.29, 1.82) is 0 Å². The largest absolute Gasteiger partial charge is 0.497 e. The maximum absolute atomic E-state index is 12.7. The monoisotopic (exact) mass is 503 g/mol. The number of methoxy groups -OCH3 is 2. The molecule has 0 spiro atoms. The van der Waals surface area contributed by atoms with E-state index < -0.39 is 27.8 Å². The van der Waals surface area contributed by atoms with Crippen molar-refractivity contribution in [2.24, 2.45) is 16.9 Å². The molecule has 2 aromatic rings. The highest BCUT2D eigenvalue weighted by atomic mass is 32.2. The maximum Gasteiger partial charge on any atom is 0.307 e. The second-order valence-electron chi connectivity index (χ2n) is 8.21. The molecule has 1 amide bonds. The molecule has 0 heterocycles. The van der Waals surface area contributed by atoms with Crippen molar-refractivity contribution in [2.75, 3.05) is 19.5 Å². The molecular formula is C24H29N3O7S. The molecule has 11 heteroatoms. The molecule has 188 valence electrons. The van der Waals surface area contributed by atoms with Crippen molar-refractivity contribution in [3.63, 3.8) is 0 Å². The number of sulfonamides is 1. The topological polar surface area (TPSA) is 143 Å². The van der Waals surface area contributed by atoms with Gasteiger partial charge < -0.3 is 19.9 Å². The summed E-state index contributed by atoms with van der Waals surface area (Å²) < 4.78 is 35.7. The number of amides is 1. The van der Waals surface area contributed by atoms with Crippen LogP contribution in [0.5, 0.6) is 11.5 Å². The second kappa shape index (κ2) is 11.2. The quantitative estimate of drug-likeness (QED) is 0.352. The average Bonchev–Trinajstić information content (AvgIpc) is 2.87. The maximum atomic E-state index is 12.7. The van der Waals surface area contributed by atoms with Crippen LogP contribution in [0.25, 0.3) is 0 Å². The van der Waals surface area contributed by atoms with Crippen LogP contribution in [0.15, 0.2) is 52.5 Å². The Morgan fingerprint density at radius 2 is 1.66 bits per heavy atom. The molecule has 2 atom stereocenters. The summed E-state index contributed by atoms with van der Waals surface area (Å²) in [6, 6.07) is 11.0. The molecule has 35 heavy (non-hydrogen) atoms. The third-order valence-electron chi connectivity index (χ3n) is 5.98. The molecule has 0 aliphatic heterocycles. The molecule has 0 saturated heterocycles. The van der Waals surface area contributed by atoms with E-state index in [4.69, 9.17) is 9.47 Å². The molecule has 1 fully saturated rings. The normalized spacial score (nSPS) is 18.4. The molecule has 1 aliphatic rings. The highest BCUT2D eigenvalue weighted by Gasteiger charge is 2.35. The van der Waals surface area contributed by atoms with E-state index in [0.717, 1.165) is 12.8 Å². The van der Waals surface area contributed by atoms with Crippen LogP contribution in [0.1, 0.15) is 38.2 Å². The Morgan fingerprint density at radius 1 is 1.00 bits per heavy atom. The summed E-state index contributed by atoms with van der Waals surface area (Å²) in [5.74, 6) is -1.91. The molecule has 0 radical (unpaired) electrons. The van der Waals surface area contributed by atoms with E-state index in [2.05, 4.69) is 15.2 Å². The number of benzene rings is 2. The third kappa shape index (κ3) is 6.30. The molecule has 0 aromatic heterocycles. The Labute approximate surface area is 204 Å². The lowest BCUT2D eigenvalue weighted by Crippen LogP contribution is -2.36. The number of anilines is 1. The Morgan fingerprint density at radius 3 is 2.26 bits per heavy atom. The van der Waals surface area contributed by atoms with Crippen molar-refractivity contribution in [1.82, 2.24) is 4.83 Å². The van der Waals surface area contributed by atoms with E-state index in [9.17, 15) is 23.1 Å². The van der Waals surface area contributed by atoms with Crippen molar-refractivity contribution in [2.45, 2.75) is 37.5 Å². The minimum atomic E-state index is -4.00. The van der Waals surface area contributed by atoms with Crippen molar-refractivity contribution < 1.29 is 32.6 Å². The lowest BCUT2D eigenvalue weighted by Gasteiger charge is -2.27. The Hall–Kier alpha value is -3.60. The van der Waals surface area contributed by atoms with Gasteiger partial charge in [0.15, 0.2) is 0 Å². The van der Waals surface area contributed by atoms with E-state index in [1.54, 1.807) is 31.2 Å². The first-order valence-electron chi connectivity index (χ1n) is 11.1. The first-order chi connectivity index (χ1) is 16.7. The molecule has 0 bridgehead atoms. The minimum absolute atomic E-state index is 0.0854. The number of hydrogen-bond donors (Lipinski definition) is 3. The molecule has 1 saturated carbocycles. The van der Waals surface area contributed by atoms with Crippen LogP contribution in [0.4, 0.5) is 5.69 Å². The van der Waals surface area contributed by atoms with Crippen LogP contribution < -0.4 is 19.6 Å². The van der Waals surface area contributed by atoms with Crippen LogP contribution in [0.3, 0.4) is 0 Å². The number of nitrogens with one attached hydrogen (secondary N) is 2. The molecule has 1 aliphatic carbocycles. The van der Waals surface area contributed by atoms with Gasteiger partial charge in [-0.25, -0.2) is 0 Å². The summed E-state index contributed by atoms with van der Waals surface area (Å²) >= 11 is 0. The van der Waals surface area contributed by atoms with Crippen molar-refractivity contribution in [3.8, 4) is 11.5 Å². The molecule has 3 rings (SSSR count). The van der Waals surface area contributed by atoms with Gasteiger partial charge in [0.25, 0.3) is 10.0 Å². The van der Waals surface area contributed by atoms with E-state index in [0.29, 0.717) is 35.6 Å². The predicted molar refractivity (Wildman–Crippen MR) is 130 cm³/mol. The number of carboxylic acids is 1. The van der Waals surface area contributed by atoms with Gasteiger partial charge in [0.05, 0.1) is 31.8 Å². The lowest BCUT2D eigenvalue weighted by molar-refractivity contribution is -0.147. The lowest BCUT2D eigenvalue weighted by atomic mass is 9.78. The van der Waals surface area contributed by atoms with E-state index in [1.807, 2.05) is 0 Å². The third-order valence-corrected chi connectivity index (χ3v) is 7.23. The number of hydrazone groups is 1. The van der Waals surface area contributed by atoms with E-state index in [1.165, 1.54) is 32.4 Å². The van der Waals surface area contributed by atoms with Crippen LogP contribution >= 0.6 is 0 Å². The van der Waals surface area contributed by atoms with Gasteiger partial charge in [-0.05, 0) is 49.6 Å². The number of hydrogen-bond acceptors (Lipinski definition) is 7. The summed E-state index contributed by atoms with van der Waals surface area (Å²) in [4.78, 5) is 26.2. The fourth-order valence-corrected chi connectivity index (χ4v) is 5.02. The molecule has 3 N–H and O–H groups in total. The highest BCUT2D eigenvalue weighted by Crippen LogP contribution is 2.31. The first kappa shape index (κ1) is 26.0. The Kier molecular flexibility index (Phi) is 8.34. The number of aliphatic carboxylic acids is 1. The summed E-state index contributed by atoms with van der Waals surface area (Å²) in [5, 5.41) is 16.2. The zero-order valence-electron chi connectivity index (χ0n) is 19.8. The number of rotatable bonds is 9. The number of carbonyl (C=O) groups excluding carboxylic acids is 1. The van der Waals surface area contributed by atoms with Gasteiger partial charge in [-0.15, -0.1) is 0 Å². The summed E-state index contributed by atoms with van der Waals surface area (Å²) in [6.07, 6.45) is 2.68. The van der Waals surface area contributed by atoms with Crippen LogP contribution in [-0.4, -0.2) is 45.3 Å². The Bertz CT molecular complexity index is 1210. The van der Waals surface area contributed by atoms with Gasteiger partial charge in [0.1, 0.15) is 16.4 Å². The van der Waals surface area contributed by atoms with Gasteiger partial charge in [-0.3, -0.25) is 9.59 Å². The van der Waals surface area contributed by atoms with Gasteiger partial charge in [0.2, 0.25) is 5.91 Å². The first-order valence-corrected chi connectivity index (χ1v) is 12.6. The van der Waals surface area contributed by atoms with Gasteiger partial charge in [-0.2, -0.15) is 18.4 Å². The van der Waals surface area contributed by atoms with Crippen LogP contribution in [-0.2, 0) is 19.6 Å². The summed E-state index contributed by atoms with van der Waals surface area (Å²) in [6.45, 7) is 1.64. The fourth-order valence-electron chi connectivity index (χ4n) is 4.01. The van der Waals surface area contributed by atoms with Gasteiger partial charge >= 0.3 is 5.97 Å². The SMILES string of the molecule is COc1ccc(S(=O)(=O)N/N=C(\C)c2ccc(NC(=O)[C@H]3CCCC[C@@H]3C(=O)O)cc2)c(OC)c1.